The molecule has 12 heteroatoms. The highest BCUT2D eigenvalue weighted by Crippen LogP contribution is 2.34. The molecule has 1 fully saturated rings. The van der Waals surface area contributed by atoms with E-state index in [4.69, 9.17) is 4.98 Å². The number of hydrazine groups is 1. The molecule has 9 nitrogen and oxygen atoms in total. The molecule has 2 aliphatic rings. The molecular weight excluding hydrogens is 545 g/mol. The fraction of sp³-hybridized carbons (Fsp3) is 0.267. The Hall–Kier alpha value is -4.55. The average Bonchev–Trinajstić information content (AvgIpc) is 3.65. The van der Waals surface area contributed by atoms with Crippen molar-refractivity contribution in [2.75, 3.05) is 48.3 Å². The zero-order valence-electron chi connectivity index (χ0n) is 22.9. The SMILES string of the molecule is CCN1CCN(c2ccc3[nH]c(C4(c5ccc(NC(=O)Nc6cccc(C(F)(F)F)c6)cc5)C=CNN4)nc3c2)CC1. The number of urea groups is 1. The normalized spacial score (nSPS) is 19.2. The maximum atomic E-state index is 13.0. The number of fused-ring (bicyclic) bond motifs is 1. The number of piperazine rings is 1. The quantitative estimate of drug-likeness (QED) is 0.216. The molecule has 0 saturated carbocycles. The first-order valence-electron chi connectivity index (χ1n) is 13.8. The molecule has 1 unspecified atom stereocenters. The molecule has 2 aliphatic heterocycles. The Morgan fingerprint density at radius 3 is 2.43 bits per heavy atom. The molecule has 42 heavy (non-hydrogen) atoms. The monoisotopic (exact) mass is 576 g/mol. The lowest BCUT2D eigenvalue weighted by Crippen LogP contribution is -2.46. The second-order valence-corrected chi connectivity index (χ2v) is 10.4. The van der Waals surface area contributed by atoms with Gasteiger partial charge in [-0.05, 0) is 66.7 Å². The Balaban J connectivity index is 1.18. The van der Waals surface area contributed by atoms with Gasteiger partial charge in [-0.1, -0.05) is 25.1 Å². The number of amides is 2. The van der Waals surface area contributed by atoms with Crippen LogP contribution in [-0.2, 0) is 11.7 Å². The van der Waals surface area contributed by atoms with E-state index in [1.54, 1.807) is 18.3 Å². The van der Waals surface area contributed by atoms with Gasteiger partial charge in [0.05, 0.1) is 16.6 Å². The number of aromatic amines is 1. The van der Waals surface area contributed by atoms with Crippen molar-refractivity contribution in [1.82, 2.24) is 25.7 Å². The van der Waals surface area contributed by atoms with Crippen molar-refractivity contribution in [3.8, 4) is 0 Å². The van der Waals surface area contributed by atoms with Gasteiger partial charge in [-0.2, -0.15) is 13.2 Å². The number of likely N-dealkylation sites (N-methyl/N-ethyl adjacent to an activating group) is 1. The van der Waals surface area contributed by atoms with Crippen LogP contribution in [0.5, 0.6) is 0 Å². The fourth-order valence-electron chi connectivity index (χ4n) is 5.39. The highest BCUT2D eigenvalue weighted by atomic mass is 19.4. The molecule has 1 atom stereocenters. The number of anilines is 3. The molecule has 218 valence electrons. The highest BCUT2D eigenvalue weighted by molar-refractivity contribution is 5.99. The summed E-state index contributed by atoms with van der Waals surface area (Å²) in [6, 6.07) is 17.3. The topological polar surface area (TPSA) is 100 Å². The molecule has 0 radical (unpaired) electrons. The van der Waals surface area contributed by atoms with Crippen LogP contribution in [-0.4, -0.2) is 53.6 Å². The van der Waals surface area contributed by atoms with Gasteiger partial charge in [-0.15, -0.1) is 0 Å². The number of H-pyrrole nitrogens is 1. The van der Waals surface area contributed by atoms with E-state index in [1.807, 2.05) is 18.2 Å². The molecule has 1 aromatic heterocycles. The van der Waals surface area contributed by atoms with Gasteiger partial charge in [0, 0.05) is 49.4 Å². The van der Waals surface area contributed by atoms with Crippen LogP contribution in [0.1, 0.15) is 23.9 Å². The third-order valence-corrected chi connectivity index (χ3v) is 7.76. The minimum Gasteiger partial charge on any atom is -0.369 e. The van der Waals surface area contributed by atoms with Gasteiger partial charge in [0.2, 0.25) is 0 Å². The number of carbonyl (C=O) groups excluding carboxylic acids is 1. The maximum Gasteiger partial charge on any atom is 0.416 e. The summed E-state index contributed by atoms with van der Waals surface area (Å²) in [7, 11) is 0. The standard InChI is InChI=1S/C30H31F3N8O/c1-2-40-14-16-41(17-15-40)24-10-11-25-26(19-24)38-27(37-25)29(12-13-34-39-29)20-6-8-22(9-7-20)35-28(42)36-23-5-3-4-21(18-23)30(31,32)33/h3-13,18-19,34,39H,2,14-17H2,1H3,(H,37,38)(H2,35,36,42). The molecular formula is C30H31F3N8O. The number of hydrogen-bond donors (Lipinski definition) is 5. The average molecular weight is 577 g/mol. The van der Waals surface area contributed by atoms with Crippen LogP contribution in [0.4, 0.5) is 35.0 Å². The zero-order chi connectivity index (χ0) is 29.3. The van der Waals surface area contributed by atoms with Gasteiger partial charge < -0.3 is 30.8 Å². The lowest BCUT2D eigenvalue weighted by Gasteiger charge is -2.35. The van der Waals surface area contributed by atoms with E-state index in [0.717, 1.165) is 67.1 Å². The highest BCUT2D eigenvalue weighted by Gasteiger charge is 2.37. The number of carbonyl (C=O) groups is 1. The summed E-state index contributed by atoms with van der Waals surface area (Å²) in [6.07, 6.45) is -0.719. The van der Waals surface area contributed by atoms with Gasteiger partial charge >= 0.3 is 12.2 Å². The summed E-state index contributed by atoms with van der Waals surface area (Å²) in [6.45, 7) is 7.30. The van der Waals surface area contributed by atoms with E-state index in [9.17, 15) is 18.0 Å². The van der Waals surface area contributed by atoms with Crippen molar-refractivity contribution in [1.29, 1.82) is 0 Å². The molecule has 5 N–H and O–H groups in total. The number of imidazole rings is 1. The van der Waals surface area contributed by atoms with Gasteiger partial charge in [0.25, 0.3) is 0 Å². The predicted octanol–water partition coefficient (Wildman–Crippen LogP) is 5.23. The van der Waals surface area contributed by atoms with Crippen molar-refractivity contribution >= 4 is 34.1 Å². The predicted molar refractivity (Wildman–Crippen MR) is 157 cm³/mol. The van der Waals surface area contributed by atoms with E-state index < -0.39 is 23.3 Å². The number of alkyl halides is 3. The number of rotatable bonds is 6. The Morgan fingerprint density at radius 1 is 0.976 bits per heavy atom. The molecule has 3 aromatic carbocycles. The molecule has 0 bridgehead atoms. The Morgan fingerprint density at radius 2 is 1.74 bits per heavy atom. The third-order valence-electron chi connectivity index (χ3n) is 7.76. The number of nitrogens with one attached hydrogen (secondary N) is 5. The zero-order valence-corrected chi connectivity index (χ0v) is 22.9. The second kappa shape index (κ2) is 11.0. The van der Waals surface area contributed by atoms with E-state index >= 15 is 0 Å². The van der Waals surface area contributed by atoms with Crippen LogP contribution >= 0.6 is 0 Å². The van der Waals surface area contributed by atoms with Crippen LogP contribution in [0.15, 0.2) is 79.0 Å². The summed E-state index contributed by atoms with van der Waals surface area (Å²) >= 11 is 0. The van der Waals surface area contributed by atoms with Gasteiger partial charge in [-0.3, -0.25) is 0 Å². The third kappa shape index (κ3) is 5.50. The number of halogens is 3. The van der Waals surface area contributed by atoms with E-state index in [2.05, 4.69) is 61.4 Å². The van der Waals surface area contributed by atoms with Crippen molar-refractivity contribution in [2.45, 2.75) is 18.6 Å². The molecule has 0 aliphatic carbocycles. The molecule has 0 spiro atoms. The first-order chi connectivity index (χ1) is 20.2. The lowest BCUT2D eigenvalue weighted by molar-refractivity contribution is -0.137. The molecule has 4 aromatic rings. The van der Waals surface area contributed by atoms with Crippen LogP contribution in [0.2, 0.25) is 0 Å². The largest absolute Gasteiger partial charge is 0.416 e. The van der Waals surface area contributed by atoms with Crippen LogP contribution in [0.3, 0.4) is 0 Å². The summed E-state index contributed by atoms with van der Waals surface area (Å²) in [5, 5.41) is 5.12. The first-order valence-corrected chi connectivity index (χ1v) is 13.8. The van der Waals surface area contributed by atoms with Crippen molar-refractivity contribution < 1.29 is 18.0 Å². The smallest absolute Gasteiger partial charge is 0.369 e. The van der Waals surface area contributed by atoms with E-state index in [0.29, 0.717) is 11.5 Å². The second-order valence-electron chi connectivity index (χ2n) is 10.4. The minimum absolute atomic E-state index is 0.0422. The lowest BCUT2D eigenvalue weighted by atomic mass is 9.90. The van der Waals surface area contributed by atoms with E-state index in [1.165, 1.54) is 12.1 Å². The molecule has 3 heterocycles. The molecule has 2 amide bonds. The van der Waals surface area contributed by atoms with Crippen LogP contribution < -0.4 is 26.4 Å². The Kier molecular flexibility index (Phi) is 7.25. The Bertz CT molecular complexity index is 1610. The van der Waals surface area contributed by atoms with Gasteiger partial charge in [0.1, 0.15) is 11.4 Å². The summed E-state index contributed by atoms with van der Waals surface area (Å²) in [5.41, 5.74) is 9.05. The number of hydrogen-bond acceptors (Lipinski definition) is 6. The number of benzene rings is 3. The molecule has 1 saturated heterocycles. The summed E-state index contributed by atoms with van der Waals surface area (Å²) in [4.78, 5) is 25.7. The van der Waals surface area contributed by atoms with Crippen molar-refractivity contribution in [2.24, 2.45) is 0 Å². The molecule has 6 rings (SSSR count). The van der Waals surface area contributed by atoms with Crippen LogP contribution in [0, 0.1) is 0 Å². The minimum atomic E-state index is -4.50. The van der Waals surface area contributed by atoms with E-state index in [-0.39, 0.29) is 5.69 Å². The van der Waals surface area contributed by atoms with Crippen molar-refractivity contribution in [3.63, 3.8) is 0 Å². The fourth-order valence-corrected chi connectivity index (χ4v) is 5.39. The number of aromatic nitrogens is 2. The number of nitrogens with zero attached hydrogens (tertiary/aromatic N) is 3. The van der Waals surface area contributed by atoms with Gasteiger partial charge in [0.15, 0.2) is 0 Å². The first kappa shape index (κ1) is 27.6. The Labute approximate surface area is 240 Å². The van der Waals surface area contributed by atoms with Crippen molar-refractivity contribution in [3.05, 3.63) is 96.0 Å². The summed E-state index contributed by atoms with van der Waals surface area (Å²) in [5.74, 6) is 0.703. The van der Waals surface area contributed by atoms with Crippen LogP contribution in [0.25, 0.3) is 11.0 Å². The maximum absolute atomic E-state index is 13.0. The van der Waals surface area contributed by atoms with Gasteiger partial charge in [-0.25, -0.2) is 15.2 Å². The summed E-state index contributed by atoms with van der Waals surface area (Å²) < 4.78 is 39.0.